The van der Waals surface area contributed by atoms with Crippen LogP contribution in [-0.4, -0.2) is 135 Å². The summed E-state index contributed by atoms with van der Waals surface area (Å²) >= 11 is 0. The molecule has 0 fully saturated rings. The molecule has 3 aliphatic rings. The molecule has 29 heteroatoms. The van der Waals surface area contributed by atoms with E-state index in [1.165, 1.54) is 6.33 Å². The predicted molar refractivity (Wildman–Crippen MR) is 566 cm³/mol. The molecule has 0 saturated heterocycles. The number of ether oxygens (including phenoxy) is 3. The fourth-order valence-electron chi connectivity index (χ4n) is 17.4. The molecule has 760 valence electrons. The summed E-state index contributed by atoms with van der Waals surface area (Å²) in [7, 11) is 1.75. The second-order valence-electron chi connectivity index (χ2n) is 36.8. The van der Waals surface area contributed by atoms with Crippen molar-refractivity contribution in [3.63, 3.8) is 0 Å². The van der Waals surface area contributed by atoms with Crippen molar-refractivity contribution in [2.24, 2.45) is 7.05 Å². The summed E-state index contributed by atoms with van der Waals surface area (Å²) in [6.07, 6.45) is 6.52. The van der Waals surface area contributed by atoms with E-state index in [0.29, 0.717) is 65.9 Å². The lowest BCUT2D eigenvalue weighted by Gasteiger charge is -2.26. The van der Waals surface area contributed by atoms with Gasteiger partial charge in [0, 0.05) is 83.4 Å². The summed E-state index contributed by atoms with van der Waals surface area (Å²) in [5.74, 6) is -2.10. The minimum absolute atomic E-state index is 0.110. The zero-order valence-corrected chi connectivity index (χ0v) is 82.7. The summed E-state index contributed by atoms with van der Waals surface area (Å²) in [4.78, 5) is 169. The molecule has 0 saturated carbocycles. The first-order valence-corrected chi connectivity index (χ1v) is 49.9. The topological polar surface area (TPSA) is 395 Å². The number of hydrogen-bond donors (Lipinski definition) is 12. The number of hydrogen-bond acceptors (Lipinski definition) is 16. The Labute approximate surface area is 865 Å². The molecule has 149 heavy (non-hydrogen) atoms. The van der Waals surface area contributed by atoms with Crippen LogP contribution in [0.25, 0.3) is 0 Å². The molecule has 9 atom stereocenters. The average molecular weight is 2000 g/mol. The van der Waals surface area contributed by atoms with Crippen LogP contribution in [-0.2, 0) is 132 Å². The average Bonchev–Trinajstić information content (AvgIpc) is 1.48. The first kappa shape index (κ1) is 105. The third kappa shape index (κ3) is 32.8. The Morgan fingerprint density at radius 2 is 0.564 bits per heavy atom. The fraction of sp³-hybridized carbons (Fsp3) is 0.225. The molecule has 0 radical (unpaired) electrons. The minimum Gasteiger partial charge on any atom is -0.457 e. The zero-order chi connectivity index (χ0) is 104. The highest BCUT2D eigenvalue weighted by Crippen LogP contribution is 2.30. The van der Waals surface area contributed by atoms with Crippen LogP contribution in [0.5, 0.6) is 34.5 Å². The monoisotopic (exact) mass is 2000 g/mol. The molecular weight excluding hydrogens is 1880 g/mol. The number of rotatable bonds is 24. The number of aryl methyl sites for hydroxylation is 4. The standard InChI is InChI=1S/C42H40N4O5.C40H40N6O5.C38H40N4O5/c47-39(33-18-8-3-9-19-33)45-38-27-32-17-11-21-35(25-32)51-34-20-10-16-31(24-34)26-37(40(48)43-28-30-14-6-2-7-15-30)46-41(49)36(44-42(38)50)23-22-29-12-4-1-5-13-29;1-46-25-36(42-26-46)40(50)45-35-23-30-15-9-17-32(21-30)51-31-16-8-14-29(20-31)22-34(37(47)41-24-28-12-6-3-7-13-28)44-38(48)33(43-39(35)49)19-18-27-10-4-2-5-11-27;1-2-35(43)40-34-24-29-16-10-18-31(22-29)47-30-17-9-15-28(21-30)23-33(36(44)39-25-27-13-7-4-8-14-27)42-37(45)32(41-38(34)46)20-19-26-11-5-3-6-12-26/h1-21,24-25,36-38H,22-23,26-28H2,(H,43,48)(H,44,50)(H,45,47)(H,46,49);2-17,20-21,25-26,33-35H,18-19,22-24H2,1H3,(H,41,47)(H,43,49)(H,44,48)(H,45,50);3-18,21-22,32-34H,2,19-20,23-25H2,1H3,(H,39,44)(H,40,43)(H,41,46)(H,42,45)/t36-,37-,38-;33-,34-,35-;32-,33-,34-/m000/s1. The molecule has 12 amide bonds. The van der Waals surface area contributed by atoms with E-state index in [1.54, 1.807) is 55.1 Å². The van der Waals surface area contributed by atoms with Crippen molar-refractivity contribution in [2.45, 2.75) is 164 Å². The normalized spacial score (nSPS) is 17.8. The number of aromatic nitrogens is 2. The summed E-state index contributed by atoms with van der Waals surface area (Å²) < 4.78 is 20.2. The summed E-state index contributed by atoms with van der Waals surface area (Å²) in [5, 5.41) is 34.9. The van der Waals surface area contributed by atoms with E-state index in [9.17, 15) is 57.5 Å². The molecule has 0 unspecified atom stereocenters. The van der Waals surface area contributed by atoms with Gasteiger partial charge >= 0.3 is 0 Å². The second kappa shape index (κ2) is 53.6. The number of nitrogens with one attached hydrogen (secondary N) is 12. The third-order valence-electron chi connectivity index (χ3n) is 25.3. The van der Waals surface area contributed by atoms with Crippen LogP contribution < -0.4 is 78.0 Å². The smallest absolute Gasteiger partial charge is 0.272 e. The van der Waals surface area contributed by atoms with Crippen molar-refractivity contribution in [2.75, 3.05) is 0 Å². The zero-order valence-electron chi connectivity index (χ0n) is 82.7. The van der Waals surface area contributed by atoms with Gasteiger partial charge in [0.2, 0.25) is 59.1 Å². The van der Waals surface area contributed by atoms with Gasteiger partial charge in [-0.25, -0.2) is 4.98 Å². The number of carbonyl (C=O) groups excluding carboxylic acids is 12. The van der Waals surface area contributed by atoms with Gasteiger partial charge in [0.25, 0.3) is 11.8 Å². The summed E-state index contributed by atoms with van der Waals surface area (Å²) in [6.45, 7) is 2.56. The van der Waals surface area contributed by atoms with Crippen molar-refractivity contribution in [3.05, 3.63) is 448 Å². The van der Waals surface area contributed by atoms with E-state index in [2.05, 4.69) is 68.8 Å². The molecule has 12 bridgehead atoms. The van der Waals surface area contributed by atoms with E-state index in [-0.39, 0.29) is 107 Å². The van der Waals surface area contributed by atoms with Crippen LogP contribution in [0.2, 0.25) is 0 Å². The Bertz CT molecular complexity index is 6910. The van der Waals surface area contributed by atoms with Crippen LogP contribution in [0.4, 0.5) is 0 Å². The minimum atomic E-state index is -1.07. The number of benzene rings is 13. The lowest BCUT2D eigenvalue weighted by molar-refractivity contribution is -0.133. The largest absolute Gasteiger partial charge is 0.457 e. The van der Waals surface area contributed by atoms with E-state index >= 15 is 0 Å². The Balaban J connectivity index is 0.000000167. The van der Waals surface area contributed by atoms with Crippen LogP contribution in [0.3, 0.4) is 0 Å². The Morgan fingerprint density at radius 3 is 0.839 bits per heavy atom. The highest BCUT2D eigenvalue weighted by Gasteiger charge is 2.36. The number of fused-ring (bicyclic) bond motifs is 12. The molecule has 4 heterocycles. The van der Waals surface area contributed by atoms with Crippen molar-refractivity contribution >= 4 is 70.9 Å². The fourth-order valence-corrected chi connectivity index (χ4v) is 17.4. The van der Waals surface area contributed by atoms with Crippen molar-refractivity contribution in [1.82, 2.24) is 73.4 Å². The first-order chi connectivity index (χ1) is 72.5. The molecule has 0 aliphatic carbocycles. The van der Waals surface area contributed by atoms with Gasteiger partial charge in [-0.05, 0) is 190 Å². The van der Waals surface area contributed by atoms with Crippen LogP contribution in [0.1, 0.15) is 120 Å². The van der Waals surface area contributed by atoms with Gasteiger partial charge in [0.15, 0.2) is 0 Å². The molecule has 12 N–H and O–H groups in total. The Morgan fingerprint density at radius 1 is 0.302 bits per heavy atom. The van der Waals surface area contributed by atoms with E-state index in [0.717, 1.165) is 66.8 Å². The van der Waals surface area contributed by atoms with Crippen LogP contribution in [0.15, 0.2) is 370 Å². The predicted octanol–water partition coefficient (Wildman–Crippen LogP) is 13.7. The summed E-state index contributed by atoms with van der Waals surface area (Å²) in [5.41, 5.74) is 10.9. The third-order valence-corrected chi connectivity index (χ3v) is 25.3. The van der Waals surface area contributed by atoms with Gasteiger partial charge in [0.1, 0.15) is 94.6 Å². The van der Waals surface area contributed by atoms with Crippen LogP contribution >= 0.6 is 0 Å². The van der Waals surface area contributed by atoms with Crippen molar-refractivity contribution < 1.29 is 71.7 Å². The Hall–Kier alpha value is -17.9. The number of amides is 12. The molecule has 17 rings (SSSR count). The van der Waals surface area contributed by atoms with Crippen molar-refractivity contribution in [1.29, 1.82) is 0 Å². The maximum absolute atomic E-state index is 14.2. The number of imidazole rings is 1. The van der Waals surface area contributed by atoms with E-state index in [4.69, 9.17) is 14.2 Å². The van der Waals surface area contributed by atoms with Crippen molar-refractivity contribution in [3.8, 4) is 34.5 Å². The molecular formula is C120H120N14O15. The lowest BCUT2D eigenvalue weighted by Crippen LogP contribution is -2.57. The molecule has 13 aromatic carbocycles. The number of carbonyl (C=O) groups is 12. The van der Waals surface area contributed by atoms with Gasteiger partial charge in [-0.15, -0.1) is 0 Å². The molecule has 1 aromatic heterocycles. The molecule has 3 aliphatic heterocycles. The SMILES string of the molecule is CCC(=O)N[C@H]1Cc2cccc(c2)Oc2cccc(c2)C[C@@H](C(=O)NCc2ccccc2)NC(=O)[C@H](CCc2ccccc2)NC1=O.Cn1cnc(C(=O)N[C@H]2Cc3cccc(c3)Oc3cccc(c3)C[C@@H](C(=O)NCc3ccccc3)NC(=O)[C@H](CCc3ccccc3)NC2=O)c1.O=C(N[C@H]1Cc2cccc(c2)Oc2cccc(c2)C[C@@H](C(=O)NCc2ccccc2)NC(=O)[C@H](CCc2ccccc2)NC1=O)c1ccccc1. The quantitative estimate of drug-likeness (QED) is 0.0267. The molecule has 0 spiro atoms. The summed E-state index contributed by atoms with van der Waals surface area (Å²) in [6, 6.07) is 101. The first-order valence-electron chi connectivity index (χ1n) is 49.9. The van der Waals surface area contributed by atoms with E-state index < -0.39 is 102 Å². The number of nitrogens with zero attached hydrogens (tertiary/aromatic N) is 2. The second-order valence-corrected chi connectivity index (χ2v) is 36.8. The molecule has 14 aromatic rings. The highest BCUT2D eigenvalue weighted by atomic mass is 16.5. The maximum Gasteiger partial charge on any atom is 0.272 e. The van der Waals surface area contributed by atoms with Gasteiger partial charge in [0.05, 0.1) is 6.33 Å². The van der Waals surface area contributed by atoms with E-state index in [1.807, 2.05) is 328 Å². The van der Waals surface area contributed by atoms with Gasteiger partial charge in [-0.3, -0.25) is 57.5 Å². The Kier molecular flexibility index (Phi) is 37.9. The van der Waals surface area contributed by atoms with Crippen LogP contribution in [0, 0.1) is 0 Å². The highest BCUT2D eigenvalue weighted by molar-refractivity contribution is 6.01. The molecule has 29 nitrogen and oxygen atoms in total. The van der Waals surface area contributed by atoms with Gasteiger partial charge in [-0.2, -0.15) is 0 Å². The van der Waals surface area contributed by atoms with Gasteiger partial charge < -0.3 is 82.6 Å². The maximum atomic E-state index is 14.2. The van der Waals surface area contributed by atoms with Gasteiger partial charge in [-0.1, -0.05) is 280 Å². The lowest BCUT2D eigenvalue weighted by atomic mass is 10.00.